The Morgan fingerprint density at radius 3 is 1.68 bits per heavy atom. The Labute approximate surface area is 227 Å². The molecule has 4 aliphatic rings. The molecule has 0 atom stereocenters. The minimum absolute atomic E-state index is 0.144. The smallest absolute Gasteiger partial charge is 0.339 e. The molecule has 0 bridgehead atoms. The maximum absolute atomic E-state index is 14.3. The quantitative estimate of drug-likeness (QED) is 0.286. The van der Waals surface area contributed by atoms with Crippen LogP contribution in [-0.2, 0) is 33.1 Å². The van der Waals surface area contributed by atoms with Crippen molar-refractivity contribution in [2.24, 2.45) is 0 Å². The zero-order valence-electron chi connectivity index (χ0n) is 22.0. The third-order valence-electron chi connectivity index (χ3n) is 9.51. The van der Waals surface area contributed by atoms with Gasteiger partial charge in [0.25, 0.3) is 10.1 Å². The van der Waals surface area contributed by atoms with Crippen LogP contribution in [0.1, 0.15) is 129 Å². The number of hydrogen-bond acceptors (Lipinski definition) is 5. The zero-order valence-corrected chi connectivity index (χ0v) is 23.6. The topological polar surface area (TPSA) is 97.7 Å². The van der Waals surface area contributed by atoms with Crippen molar-refractivity contribution in [2.75, 3.05) is 0 Å². The van der Waals surface area contributed by atoms with Crippen molar-refractivity contribution >= 4 is 20.2 Å². The summed E-state index contributed by atoms with van der Waals surface area (Å²) in [5, 5.41) is 0. The van der Waals surface area contributed by atoms with Crippen molar-refractivity contribution < 1.29 is 25.6 Å². The van der Waals surface area contributed by atoms with Crippen LogP contribution in [-0.4, -0.2) is 21.4 Å². The van der Waals surface area contributed by atoms with Crippen LogP contribution in [0.5, 0.6) is 5.75 Å². The summed E-state index contributed by atoms with van der Waals surface area (Å²) in [5.74, 6) is 1.14. The van der Waals surface area contributed by atoms with Gasteiger partial charge in [-0.1, -0.05) is 50.7 Å². The Kier molecular flexibility index (Phi) is 7.10. The molecular weight excluding hydrogens is 520 g/mol. The number of rotatable bonds is 7. The third-order valence-corrected chi connectivity index (χ3v) is 11.8. The molecular formula is C30H38O6S2. The first kappa shape index (κ1) is 26.3. The molecule has 0 radical (unpaired) electrons. The van der Waals surface area contributed by atoms with Gasteiger partial charge in [-0.2, -0.15) is 16.8 Å². The van der Waals surface area contributed by atoms with Crippen LogP contribution in [0.15, 0.2) is 34.1 Å². The first-order chi connectivity index (χ1) is 18.2. The Morgan fingerprint density at radius 2 is 1.16 bits per heavy atom. The molecule has 8 heteroatoms. The highest BCUT2D eigenvalue weighted by Crippen LogP contribution is 2.47. The largest absolute Gasteiger partial charge is 0.379 e. The molecule has 38 heavy (non-hydrogen) atoms. The molecule has 3 fully saturated rings. The van der Waals surface area contributed by atoms with E-state index in [0.29, 0.717) is 41.2 Å². The van der Waals surface area contributed by atoms with Crippen LogP contribution in [0, 0.1) is 0 Å². The van der Waals surface area contributed by atoms with Gasteiger partial charge in [0.2, 0.25) is 0 Å². The number of hydrogen-bond donors (Lipinski definition) is 1. The predicted octanol–water partition coefficient (Wildman–Crippen LogP) is 7.16. The summed E-state index contributed by atoms with van der Waals surface area (Å²) in [5.41, 5.74) is 4.25. The van der Waals surface area contributed by atoms with Gasteiger partial charge in [-0.05, 0) is 110 Å². The van der Waals surface area contributed by atoms with Crippen molar-refractivity contribution in [3.63, 3.8) is 0 Å². The summed E-state index contributed by atoms with van der Waals surface area (Å²) in [6.45, 7) is 0. The van der Waals surface area contributed by atoms with Crippen molar-refractivity contribution in [2.45, 2.75) is 124 Å². The molecule has 206 valence electrons. The second kappa shape index (κ2) is 10.3. The summed E-state index contributed by atoms with van der Waals surface area (Å²) in [7, 11) is -8.57. The van der Waals surface area contributed by atoms with E-state index in [4.69, 9.17) is 4.18 Å². The van der Waals surface area contributed by atoms with Gasteiger partial charge in [0, 0.05) is 5.56 Å². The second-order valence-electron chi connectivity index (χ2n) is 11.9. The van der Waals surface area contributed by atoms with E-state index < -0.39 is 20.2 Å². The Hall–Kier alpha value is -1.90. The minimum atomic E-state index is -4.39. The number of fused-ring (bicyclic) bond motifs is 1. The van der Waals surface area contributed by atoms with Crippen molar-refractivity contribution in [1.29, 1.82) is 0 Å². The van der Waals surface area contributed by atoms with Gasteiger partial charge >= 0.3 is 10.1 Å². The summed E-state index contributed by atoms with van der Waals surface area (Å²) < 4.78 is 68.1. The van der Waals surface area contributed by atoms with Gasteiger partial charge in [-0.25, -0.2) is 0 Å². The summed E-state index contributed by atoms with van der Waals surface area (Å²) in [4.78, 5) is 0.234. The van der Waals surface area contributed by atoms with E-state index in [1.807, 2.05) is 0 Å². The first-order valence-corrected chi connectivity index (χ1v) is 17.3. The highest BCUT2D eigenvalue weighted by molar-refractivity contribution is 7.87. The summed E-state index contributed by atoms with van der Waals surface area (Å²) in [6.07, 6.45) is 14.9. The van der Waals surface area contributed by atoms with E-state index in [9.17, 15) is 21.4 Å². The zero-order chi connectivity index (χ0) is 26.5. The van der Waals surface area contributed by atoms with Gasteiger partial charge in [0.15, 0.2) is 0 Å². The van der Waals surface area contributed by atoms with E-state index in [1.165, 1.54) is 43.4 Å². The standard InChI is InChI=1S/C30H38O6S2/c31-37(32,33)29-17-16-28(24-14-7-15-25(24)29)36-38(34,35)30-26(21-10-3-4-11-21)18-23(20-8-1-2-9-20)19-27(30)22-12-5-6-13-22/h16-22H,1-15H2,(H,31,32,33). The second-order valence-corrected chi connectivity index (χ2v) is 14.7. The molecule has 0 heterocycles. The summed E-state index contributed by atoms with van der Waals surface area (Å²) >= 11 is 0. The molecule has 0 unspecified atom stereocenters. The fraction of sp³-hybridized carbons (Fsp3) is 0.600. The maximum Gasteiger partial charge on any atom is 0.339 e. The SMILES string of the molecule is O=S(=O)(O)c1ccc(OS(=O)(=O)c2c(C3CCCC3)cc(C3CCCC3)cc2C2CCCC2)c2c1CCC2. The van der Waals surface area contributed by atoms with E-state index in [1.54, 1.807) is 0 Å². The van der Waals surface area contributed by atoms with Crippen molar-refractivity contribution in [3.05, 3.63) is 52.1 Å². The third kappa shape index (κ3) is 4.92. The molecule has 0 aliphatic heterocycles. The molecule has 3 saturated carbocycles. The molecule has 4 aliphatic carbocycles. The Balaban J connectivity index is 1.49. The molecule has 2 aromatic carbocycles. The van der Waals surface area contributed by atoms with Crippen LogP contribution < -0.4 is 4.18 Å². The van der Waals surface area contributed by atoms with Crippen LogP contribution >= 0.6 is 0 Å². The molecule has 2 aromatic rings. The lowest BCUT2D eigenvalue weighted by Gasteiger charge is -2.25. The highest BCUT2D eigenvalue weighted by atomic mass is 32.2. The van der Waals surface area contributed by atoms with E-state index in [-0.39, 0.29) is 22.5 Å². The highest BCUT2D eigenvalue weighted by Gasteiger charge is 2.36. The molecule has 0 spiro atoms. The van der Waals surface area contributed by atoms with Crippen LogP contribution in [0.4, 0.5) is 0 Å². The van der Waals surface area contributed by atoms with E-state index in [0.717, 1.165) is 62.5 Å². The van der Waals surface area contributed by atoms with Gasteiger partial charge in [0.05, 0.1) is 4.90 Å². The van der Waals surface area contributed by atoms with Crippen molar-refractivity contribution in [3.8, 4) is 5.75 Å². The van der Waals surface area contributed by atoms with E-state index >= 15 is 0 Å². The monoisotopic (exact) mass is 558 g/mol. The van der Waals surface area contributed by atoms with Gasteiger partial charge in [-0.3, -0.25) is 4.55 Å². The normalized spacial score (nSPS) is 21.4. The molecule has 6 nitrogen and oxygen atoms in total. The average molecular weight is 559 g/mol. The lowest BCUT2D eigenvalue weighted by atomic mass is 9.85. The Morgan fingerprint density at radius 1 is 0.658 bits per heavy atom. The fourth-order valence-electron chi connectivity index (χ4n) is 7.68. The average Bonchev–Trinajstić information content (AvgIpc) is 3.70. The molecule has 1 N–H and O–H groups in total. The lowest BCUT2D eigenvalue weighted by molar-refractivity contribution is 0.476. The van der Waals surface area contributed by atoms with Crippen molar-refractivity contribution in [1.82, 2.24) is 0 Å². The minimum Gasteiger partial charge on any atom is -0.379 e. The molecule has 0 saturated heterocycles. The molecule has 0 amide bonds. The van der Waals surface area contributed by atoms with Gasteiger partial charge in [-0.15, -0.1) is 0 Å². The van der Waals surface area contributed by atoms with Crippen LogP contribution in [0.25, 0.3) is 0 Å². The van der Waals surface area contributed by atoms with Gasteiger partial charge < -0.3 is 4.18 Å². The molecule has 0 aromatic heterocycles. The summed E-state index contributed by atoms with van der Waals surface area (Å²) in [6, 6.07) is 7.09. The fourth-order valence-corrected chi connectivity index (χ4v) is 9.96. The maximum atomic E-state index is 14.3. The Bertz CT molecular complexity index is 1390. The predicted molar refractivity (Wildman–Crippen MR) is 146 cm³/mol. The van der Waals surface area contributed by atoms with E-state index in [2.05, 4.69) is 12.1 Å². The van der Waals surface area contributed by atoms with Crippen LogP contribution in [0.2, 0.25) is 0 Å². The first-order valence-electron chi connectivity index (χ1n) is 14.5. The number of benzene rings is 2. The van der Waals surface area contributed by atoms with Crippen LogP contribution in [0.3, 0.4) is 0 Å². The van der Waals surface area contributed by atoms with Gasteiger partial charge in [0.1, 0.15) is 10.6 Å². The molecule has 6 rings (SSSR count). The lowest BCUT2D eigenvalue weighted by Crippen LogP contribution is -2.19.